The third kappa shape index (κ3) is 5.04. The summed E-state index contributed by atoms with van der Waals surface area (Å²) in [6.07, 6.45) is 2.24. The summed E-state index contributed by atoms with van der Waals surface area (Å²) in [4.78, 5) is 24.1. The van der Waals surface area contributed by atoms with Crippen molar-refractivity contribution >= 4 is 39.1 Å². The molecule has 3 rings (SSSR count). The number of carbonyl (C=O) groups is 2. The standard InChI is InChI=1S/C19H15ClN4O5S/c20-16-8-1-2-9-17(16)23-30(28,29)15-7-3-5-13(11-15)18(25)21-22-19(26)14-6-4-10-24(27)12-14/h1-12,23H,(H,21,25)(H,22,26). The molecule has 11 heteroatoms. The Morgan fingerprint density at radius 1 is 0.900 bits per heavy atom. The highest BCUT2D eigenvalue weighted by atomic mass is 35.5. The Morgan fingerprint density at radius 2 is 1.57 bits per heavy atom. The van der Waals surface area contributed by atoms with E-state index >= 15 is 0 Å². The fraction of sp³-hybridized carbons (Fsp3) is 0. The van der Waals surface area contributed by atoms with Gasteiger partial charge >= 0.3 is 0 Å². The molecular weight excluding hydrogens is 432 g/mol. The minimum absolute atomic E-state index is 0.00992. The molecule has 0 atom stereocenters. The van der Waals surface area contributed by atoms with Gasteiger partial charge in [-0.25, -0.2) is 8.42 Å². The molecule has 1 aromatic heterocycles. The van der Waals surface area contributed by atoms with Crippen LogP contribution in [-0.2, 0) is 10.0 Å². The van der Waals surface area contributed by atoms with E-state index in [-0.39, 0.29) is 26.7 Å². The minimum atomic E-state index is -4.01. The van der Waals surface area contributed by atoms with Gasteiger partial charge in [-0.2, -0.15) is 4.73 Å². The summed E-state index contributed by atoms with van der Waals surface area (Å²) in [7, 11) is -4.01. The van der Waals surface area contributed by atoms with E-state index in [2.05, 4.69) is 15.6 Å². The molecule has 0 spiro atoms. The number of benzene rings is 2. The number of hydrogen-bond acceptors (Lipinski definition) is 5. The van der Waals surface area contributed by atoms with Gasteiger partial charge in [-0.05, 0) is 36.4 Å². The maximum Gasteiger partial charge on any atom is 0.275 e. The van der Waals surface area contributed by atoms with Crippen LogP contribution in [0.4, 0.5) is 5.69 Å². The summed E-state index contributed by atoms with van der Waals surface area (Å²) in [5.41, 5.74) is 4.54. The van der Waals surface area contributed by atoms with Crippen molar-refractivity contribution in [3.8, 4) is 0 Å². The molecule has 2 aromatic carbocycles. The lowest BCUT2D eigenvalue weighted by atomic mass is 10.2. The van der Waals surface area contributed by atoms with Crippen LogP contribution in [0.1, 0.15) is 20.7 Å². The fourth-order valence-corrected chi connectivity index (χ4v) is 3.76. The number of amides is 2. The number of para-hydroxylation sites is 1. The van der Waals surface area contributed by atoms with Gasteiger partial charge in [-0.15, -0.1) is 0 Å². The number of hydrazine groups is 1. The van der Waals surface area contributed by atoms with E-state index in [4.69, 9.17) is 11.6 Å². The van der Waals surface area contributed by atoms with Crippen molar-refractivity contribution in [2.75, 3.05) is 4.72 Å². The van der Waals surface area contributed by atoms with Gasteiger partial charge in [-0.1, -0.05) is 29.8 Å². The van der Waals surface area contributed by atoms with Crippen molar-refractivity contribution in [3.63, 3.8) is 0 Å². The molecule has 0 radical (unpaired) electrons. The average Bonchev–Trinajstić information content (AvgIpc) is 2.73. The zero-order valence-corrected chi connectivity index (χ0v) is 16.8. The van der Waals surface area contributed by atoms with Crippen molar-refractivity contribution < 1.29 is 22.7 Å². The largest absolute Gasteiger partial charge is 0.619 e. The number of aromatic nitrogens is 1. The quantitative estimate of drug-likeness (QED) is 0.312. The molecule has 0 unspecified atom stereocenters. The van der Waals surface area contributed by atoms with Gasteiger partial charge in [0, 0.05) is 11.6 Å². The van der Waals surface area contributed by atoms with Crippen LogP contribution in [-0.4, -0.2) is 20.2 Å². The lowest BCUT2D eigenvalue weighted by molar-refractivity contribution is -0.605. The molecule has 3 N–H and O–H groups in total. The number of sulfonamides is 1. The Kier molecular flexibility index (Phi) is 6.19. The van der Waals surface area contributed by atoms with Gasteiger partial charge in [0.15, 0.2) is 12.4 Å². The number of nitrogens with one attached hydrogen (secondary N) is 3. The van der Waals surface area contributed by atoms with Gasteiger partial charge in [0.25, 0.3) is 21.8 Å². The van der Waals surface area contributed by atoms with Crippen molar-refractivity contribution in [1.29, 1.82) is 0 Å². The zero-order valence-electron chi connectivity index (χ0n) is 15.2. The number of nitrogens with zero attached hydrogens (tertiary/aromatic N) is 1. The Balaban J connectivity index is 1.72. The number of pyridine rings is 1. The van der Waals surface area contributed by atoms with E-state index < -0.39 is 21.8 Å². The van der Waals surface area contributed by atoms with Crippen LogP contribution in [0.25, 0.3) is 0 Å². The van der Waals surface area contributed by atoms with E-state index in [1.807, 2.05) is 0 Å². The summed E-state index contributed by atoms with van der Waals surface area (Å²) in [5.74, 6) is -1.46. The van der Waals surface area contributed by atoms with Crippen molar-refractivity contribution in [3.05, 3.63) is 94.4 Å². The molecule has 3 aromatic rings. The summed E-state index contributed by atoms with van der Waals surface area (Å²) < 4.78 is 28.0. The van der Waals surface area contributed by atoms with Crippen LogP contribution >= 0.6 is 11.6 Å². The molecule has 0 aliphatic heterocycles. The molecule has 154 valence electrons. The zero-order chi connectivity index (χ0) is 21.7. The molecule has 9 nitrogen and oxygen atoms in total. The first-order valence-corrected chi connectivity index (χ1v) is 10.3. The molecule has 0 saturated heterocycles. The SMILES string of the molecule is O=C(NNC(=O)c1ccc[n+]([O-])c1)c1cccc(S(=O)(=O)Nc2ccccc2Cl)c1. The minimum Gasteiger partial charge on any atom is -0.619 e. The summed E-state index contributed by atoms with van der Waals surface area (Å²) >= 11 is 5.98. The first-order chi connectivity index (χ1) is 14.3. The molecule has 2 amide bonds. The predicted octanol–water partition coefficient (Wildman–Crippen LogP) is 1.85. The van der Waals surface area contributed by atoms with Crippen LogP contribution in [0.5, 0.6) is 0 Å². The number of hydrogen-bond donors (Lipinski definition) is 3. The summed E-state index contributed by atoms with van der Waals surface area (Å²) in [5, 5.41) is 11.4. The van der Waals surface area contributed by atoms with E-state index in [0.717, 1.165) is 12.3 Å². The Morgan fingerprint density at radius 3 is 2.27 bits per heavy atom. The highest BCUT2D eigenvalue weighted by Gasteiger charge is 2.18. The molecule has 0 aliphatic carbocycles. The topological polar surface area (TPSA) is 131 Å². The van der Waals surface area contributed by atoms with E-state index in [9.17, 15) is 23.2 Å². The molecule has 0 aliphatic rings. The molecule has 1 heterocycles. The van der Waals surface area contributed by atoms with Gasteiger partial charge in [0.2, 0.25) is 0 Å². The Bertz CT molecular complexity index is 1220. The molecule has 0 saturated carbocycles. The second kappa shape index (κ2) is 8.80. The second-order valence-electron chi connectivity index (χ2n) is 5.97. The monoisotopic (exact) mass is 446 g/mol. The maximum atomic E-state index is 12.6. The third-order valence-corrected chi connectivity index (χ3v) is 5.54. The number of anilines is 1. The lowest BCUT2D eigenvalue weighted by Gasteiger charge is -2.11. The summed E-state index contributed by atoms with van der Waals surface area (Å²) in [6.45, 7) is 0. The van der Waals surface area contributed by atoms with Gasteiger partial charge < -0.3 is 5.21 Å². The Labute approximate surface area is 176 Å². The van der Waals surface area contributed by atoms with Gasteiger partial charge in [0.1, 0.15) is 5.56 Å². The van der Waals surface area contributed by atoms with Gasteiger partial charge in [0.05, 0.1) is 15.6 Å². The number of halogens is 1. The molecule has 30 heavy (non-hydrogen) atoms. The summed E-state index contributed by atoms with van der Waals surface area (Å²) in [6, 6.07) is 14.3. The van der Waals surface area contributed by atoms with Crippen LogP contribution in [0.2, 0.25) is 5.02 Å². The van der Waals surface area contributed by atoms with Crippen LogP contribution in [0.3, 0.4) is 0 Å². The first kappa shape index (κ1) is 21.1. The molecular formula is C19H15ClN4O5S. The van der Waals surface area contributed by atoms with E-state index in [0.29, 0.717) is 4.73 Å². The highest BCUT2D eigenvalue weighted by molar-refractivity contribution is 7.92. The molecule has 0 fully saturated rings. The number of rotatable bonds is 5. The van der Waals surface area contributed by atoms with Crippen LogP contribution < -0.4 is 20.3 Å². The van der Waals surface area contributed by atoms with Gasteiger partial charge in [-0.3, -0.25) is 25.2 Å². The third-order valence-electron chi connectivity index (χ3n) is 3.85. The maximum absolute atomic E-state index is 12.6. The van der Waals surface area contributed by atoms with E-state index in [1.165, 1.54) is 48.7 Å². The van der Waals surface area contributed by atoms with Crippen molar-refractivity contribution in [1.82, 2.24) is 10.9 Å². The predicted molar refractivity (Wildman–Crippen MR) is 109 cm³/mol. The van der Waals surface area contributed by atoms with Crippen molar-refractivity contribution in [2.24, 2.45) is 0 Å². The average molecular weight is 447 g/mol. The second-order valence-corrected chi connectivity index (χ2v) is 8.06. The number of carbonyl (C=O) groups excluding carboxylic acids is 2. The molecule has 0 bridgehead atoms. The fourth-order valence-electron chi connectivity index (χ4n) is 2.40. The highest BCUT2D eigenvalue weighted by Crippen LogP contribution is 2.24. The Hall–Kier alpha value is -3.63. The van der Waals surface area contributed by atoms with Crippen LogP contribution in [0.15, 0.2) is 78.0 Å². The lowest BCUT2D eigenvalue weighted by Crippen LogP contribution is -2.42. The van der Waals surface area contributed by atoms with Crippen LogP contribution in [0, 0.1) is 5.21 Å². The smallest absolute Gasteiger partial charge is 0.275 e. The van der Waals surface area contributed by atoms with Crippen molar-refractivity contribution in [2.45, 2.75) is 4.90 Å². The van der Waals surface area contributed by atoms with E-state index in [1.54, 1.807) is 12.1 Å². The normalized spacial score (nSPS) is 10.8. The first-order valence-electron chi connectivity index (χ1n) is 8.43.